The first-order chi connectivity index (χ1) is 9.06. The second kappa shape index (κ2) is 7.79. The van der Waals surface area contributed by atoms with E-state index in [1.165, 1.54) is 0 Å². The molecule has 1 aromatic rings. The quantitative estimate of drug-likeness (QED) is 0.769. The zero-order chi connectivity index (χ0) is 14.3. The molecule has 0 aliphatic heterocycles. The van der Waals surface area contributed by atoms with E-state index >= 15 is 0 Å². The highest BCUT2D eigenvalue weighted by atomic mass is 16.5. The fraction of sp³-hybridized carbons (Fsp3) is 0.533. The van der Waals surface area contributed by atoms with Crippen molar-refractivity contribution >= 4 is 5.91 Å². The lowest BCUT2D eigenvalue weighted by Gasteiger charge is -2.18. The van der Waals surface area contributed by atoms with Crippen LogP contribution >= 0.6 is 0 Å². The lowest BCUT2D eigenvalue weighted by atomic mass is 10.1. The fourth-order valence-corrected chi connectivity index (χ4v) is 1.88. The van der Waals surface area contributed by atoms with Crippen molar-refractivity contribution in [3.05, 3.63) is 29.3 Å². The molecular formula is C15H23NO3. The minimum Gasteiger partial charge on any atom is -0.481 e. The highest BCUT2D eigenvalue weighted by molar-refractivity contribution is 5.81. The normalized spacial score (nSPS) is 12.0. The monoisotopic (exact) mass is 265 g/mol. The zero-order valence-electron chi connectivity index (χ0n) is 12.2. The summed E-state index contributed by atoms with van der Waals surface area (Å²) in [6.07, 6.45) is 0.171. The Morgan fingerprint density at radius 1 is 1.26 bits per heavy atom. The molecule has 0 heterocycles. The molecule has 0 aliphatic rings. The van der Waals surface area contributed by atoms with Crippen LogP contribution in [0.3, 0.4) is 0 Å². The number of amides is 1. The van der Waals surface area contributed by atoms with Crippen LogP contribution in [0.15, 0.2) is 18.2 Å². The van der Waals surface area contributed by atoms with Crippen molar-refractivity contribution < 1.29 is 14.3 Å². The molecule has 1 N–H and O–H groups in total. The summed E-state index contributed by atoms with van der Waals surface area (Å²) in [5.41, 5.74) is 2.26. The first-order valence-electron chi connectivity index (χ1n) is 6.58. The van der Waals surface area contributed by atoms with Crippen LogP contribution in [-0.4, -0.2) is 32.3 Å². The van der Waals surface area contributed by atoms with Crippen LogP contribution in [0.1, 0.15) is 24.5 Å². The standard InChI is InChI=1S/C15H23NO3/c1-5-14(15(17)16-6-7-18-4)19-13-9-11(2)8-12(3)10-13/h8-10,14H,5-7H2,1-4H3,(H,16,17). The maximum atomic E-state index is 11.9. The first-order valence-corrected chi connectivity index (χ1v) is 6.58. The van der Waals surface area contributed by atoms with Gasteiger partial charge in [0.15, 0.2) is 6.10 Å². The third-order valence-electron chi connectivity index (χ3n) is 2.74. The summed E-state index contributed by atoms with van der Waals surface area (Å²) < 4.78 is 10.7. The van der Waals surface area contributed by atoms with Crippen LogP contribution in [0.25, 0.3) is 0 Å². The van der Waals surface area contributed by atoms with Crippen LogP contribution in [0, 0.1) is 13.8 Å². The predicted octanol–water partition coefficient (Wildman–Crippen LogP) is 2.22. The van der Waals surface area contributed by atoms with Crippen molar-refractivity contribution in [2.75, 3.05) is 20.3 Å². The highest BCUT2D eigenvalue weighted by Crippen LogP contribution is 2.18. The van der Waals surface area contributed by atoms with Gasteiger partial charge in [0.05, 0.1) is 6.61 Å². The van der Waals surface area contributed by atoms with Gasteiger partial charge < -0.3 is 14.8 Å². The minimum absolute atomic E-state index is 0.0984. The van der Waals surface area contributed by atoms with Gasteiger partial charge in [0.1, 0.15) is 5.75 Å². The number of methoxy groups -OCH3 is 1. The second-order valence-electron chi connectivity index (χ2n) is 4.62. The molecule has 106 valence electrons. The molecule has 1 amide bonds. The molecule has 0 bridgehead atoms. The smallest absolute Gasteiger partial charge is 0.261 e. The average molecular weight is 265 g/mol. The molecule has 1 unspecified atom stereocenters. The highest BCUT2D eigenvalue weighted by Gasteiger charge is 2.17. The third kappa shape index (κ3) is 5.30. The van der Waals surface area contributed by atoms with Crippen LogP contribution in [0.4, 0.5) is 0 Å². The number of hydrogen-bond donors (Lipinski definition) is 1. The predicted molar refractivity (Wildman–Crippen MR) is 75.5 cm³/mol. The second-order valence-corrected chi connectivity index (χ2v) is 4.62. The van der Waals surface area contributed by atoms with Gasteiger partial charge in [-0.15, -0.1) is 0 Å². The van der Waals surface area contributed by atoms with E-state index < -0.39 is 6.10 Å². The number of rotatable bonds is 7. The van der Waals surface area contributed by atoms with E-state index in [0.717, 1.165) is 16.9 Å². The molecule has 0 spiro atoms. The Morgan fingerprint density at radius 3 is 2.42 bits per heavy atom. The Bertz CT molecular complexity index is 398. The summed E-state index contributed by atoms with van der Waals surface area (Å²) in [6, 6.07) is 5.96. The molecule has 0 saturated heterocycles. The van der Waals surface area contributed by atoms with E-state index in [1.54, 1.807) is 7.11 Å². The topological polar surface area (TPSA) is 47.6 Å². The van der Waals surface area contributed by atoms with E-state index in [1.807, 2.05) is 32.9 Å². The molecule has 1 atom stereocenters. The number of aryl methyl sites for hydroxylation is 2. The molecule has 1 rings (SSSR count). The number of carbonyl (C=O) groups excluding carboxylic acids is 1. The molecule has 0 radical (unpaired) electrons. The molecule has 0 aromatic heterocycles. The zero-order valence-corrected chi connectivity index (χ0v) is 12.2. The molecule has 0 saturated carbocycles. The van der Waals surface area contributed by atoms with Gasteiger partial charge >= 0.3 is 0 Å². The Kier molecular flexibility index (Phi) is 6.36. The van der Waals surface area contributed by atoms with Crippen molar-refractivity contribution in [2.24, 2.45) is 0 Å². The summed E-state index contributed by atoms with van der Waals surface area (Å²) in [5.74, 6) is 0.643. The summed E-state index contributed by atoms with van der Waals surface area (Å²) in [6.45, 7) is 6.97. The largest absolute Gasteiger partial charge is 0.481 e. The Morgan fingerprint density at radius 2 is 1.89 bits per heavy atom. The van der Waals surface area contributed by atoms with Gasteiger partial charge in [-0.1, -0.05) is 13.0 Å². The van der Waals surface area contributed by atoms with Gasteiger partial charge in [0.25, 0.3) is 5.91 Å². The average Bonchev–Trinajstić information content (AvgIpc) is 2.35. The maximum Gasteiger partial charge on any atom is 0.261 e. The summed E-state index contributed by atoms with van der Waals surface area (Å²) in [7, 11) is 1.61. The molecule has 0 fully saturated rings. The minimum atomic E-state index is -0.460. The van der Waals surface area contributed by atoms with Crippen molar-refractivity contribution in [3.63, 3.8) is 0 Å². The van der Waals surface area contributed by atoms with Gasteiger partial charge in [-0.3, -0.25) is 4.79 Å². The fourth-order valence-electron chi connectivity index (χ4n) is 1.88. The number of carbonyl (C=O) groups is 1. The van der Waals surface area contributed by atoms with E-state index in [-0.39, 0.29) is 5.91 Å². The summed E-state index contributed by atoms with van der Waals surface area (Å²) in [4.78, 5) is 11.9. The Labute approximate surface area is 115 Å². The number of ether oxygens (including phenoxy) is 2. The lowest BCUT2D eigenvalue weighted by molar-refractivity contribution is -0.128. The molecule has 19 heavy (non-hydrogen) atoms. The lowest BCUT2D eigenvalue weighted by Crippen LogP contribution is -2.39. The summed E-state index contributed by atoms with van der Waals surface area (Å²) >= 11 is 0. The van der Waals surface area contributed by atoms with E-state index in [4.69, 9.17) is 9.47 Å². The van der Waals surface area contributed by atoms with Crippen LogP contribution in [-0.2, 0) is 9.53 Å². The van der Waals surface area contributed by atoms with E-state index in [2.05, 4.69) is 11.4 Å². The van der Waals surface area contributed by atoms with Crippen LogP contribution in [0.2, 0.25) is 0 Å². The Balaban J connectivity index is 2.62. The van der Waals surface area contributed by atoms with Crippen LogP contribution in [0.5, 0.6) is 5.75 Å². The van der Waals surface area contributed by atoms with Gasteiger partial charge in [-0.05, 0) is 43.5 Å². The number of hydrogen-bond acceptors (Lipinski definition) is 3. The molecular weight excluding hydrogens is 242 g/mol. The number of nitrogens with one attached hydrogen (secondary N) is 1. The summed E-state index contributed by atoms with van der Waals surface area (Å²) in [5, 5.41) is 2.80. The van der Waals surface area contributed by atoms with Crippen molar-refractivity contribution in [1.82, 2.24) is 5.32 Å². The number of benzene rings is 1. The first kappa shape index (κ1) is 15.5. The third-order valence-corrected chi connectivity index (χ3v) is 2.74. The van der Waals surface area contributed by atoms with E-state index in [0.29, 0.717) is 19.6 Å². The van der Waals surface area contributed by atoms with Gasteiger partial charge in [0, 0.05) is 13.7 Å². The maximum absolute atomic E-state index is 11.9. The molecule has 0 aliphatic carbocycles. The van der Waals surface area contributed by atoms with Gasteiger partial charge in [-0.2, -0.15) is 0 Å². The van der Waals surface area contributed by atoms with E-state index in [9.17, 15) is 4.79 Å². The van der Waals surface area contributed by atoms with Crippen molar-refractivity contribution in [3.8, 4) is 5.75 Å². The molecule has 1 aromatic carbocycles. The molecule has 4 heteroatoms. The van der Waals surface area contributed by atoms with Crippen molar-refractivity contribution in [2.45, 2.75) is 33.3 Å². The SMILES string of the molecule is CCC(Oc1cc(C)cc(C)c1)C(=O)NCCOC. The van der Waals surface area contributed by atoms with Crippen molar-refractivity contribution in [1.29, 1.82) is 0 Å². The van der Waals surface area contributed by atoms with Gasteiger partial charge in [0.2, 0.25) is 0 Å². The Hall–Kier alpha value is -1.55. The van der Waals surface area contributed by atoms with Crippen LogP contribution < -0.4 is 10.1 Å². The molecule has 4 nitrogen and oxygen atoms in total. The van der Waals surface area contributed by atoms with Gasteiger partial charge in [-0.25, -0.2) is 0 Å².